The Kier molecular flexibility index (Phi) is 3.88. The molecule has 0 saturated carbocycles. The van der Waals surface area contributed by atoms with Crippen molar-refractivity contribution in [2.45, 2.75) is 37.2 Å². The van der Waals surface area contributed by atoms with Crippen molar-refractivity contribution >= 4 is 39.0 Å². The van der Waals surface area contributed by atoms with E-state index < -0.39 is 12.2 Å². The summed E-state index contributed by atoms with van der Waals surface area (Å²) in [6, 6.07) is 3.34. The average Bonchev–Trinajstić information content (AvgIpc) is 3.08. The van der Waals surface area contributed by atoms with Crippen molar-refractivity contribution in [3.05, 3.63) is 34.2 Å². The lowest BCUT2D eigenvalue weighted by Gasteiger charge is -2.05. The monoisotopic (exact) mass is 378 g/mol. The third kappa shape index (κ3) is 2.74. The van der Waals surface area contributed by atoms with Crippen LogP contribution in [0.15, 0.2) is 22.2 Å². The van der Waals surface area contributed by atoms with Crippen LogP contribution in [-0.2, 0) is 0 Å². The molecule has 0 unspecified atom stereocenters. The van der Waals surface area contributed by atoms with Crippen molar-refractivity contribution in [1.82, 2.24) is 29.8 Å². The Labute approximate surface area is 149 Å². The first-order chi connectivity index (χ1) is 11.9. The molecule has 4 aromatic heterocycles. The number of aromatic nitrogens is 6. The van der Waals surface area contributed by atoms with Crippen LogP contribution in [0.1, 0.15) is 28.5 Å². The molecule has 0 bridgehead atoms. The minimum atomic E-state index is -2.74. The maximum atomic E-state index is 13.0. The van der Waals surface area contributed by atoms with E-state index in [2.05, 4.69) is 25.3 Å². The molecule has 10 heteroatoms. The van der Waals surface area contributed by atoms with Gasteiger partial charge in [-0.3, -0.25) is 0 Å². The van der Waals surface area contributed by atoms with Crippen LogP contribution in [0, 0.1) is 20.8 Å². The molecule has 0 aromatic carbocycles. The summed E-state index contributed by atoms with van der Waals surface area (Å²) < 4.78 is 27.1. The zero-order valence-electron chi connectivity index (χ0n) is 13.5. The standard InChI is InChI=1S/C15H12F2N6S2/c1-6-7(2)24-14-11(6)15(19-8(3)18-14)25-10-5-4-9-20-21-13(12(16)17)23(9)22-10/h4-5,12H,1-3H3. The Bertz CT molecular complexity index is 1100. The number of halogens is 2. The van der Waals surface area contributed by atoms with Crippen molar-refractivity contribution in [3.8, 4) is 0 Å². The smallest absolute Gasteiger partial charge is 0.226 e. The van der Waals surface area contributed by atoms with Crippen molar-refractivity contribution < 1.29 is 8.78 Å². The van der Waals surface area contributed by atoms with Crippen molar-refractivity contribution in [3.63, 3.8) is 0 Å². The molecule has 0 aliphatic heterocycles. The molecule has 4 aromatic rings. The van der Waals surface area contributed by atoms with Gasteiger partial charge in [0.2, 0.25) is 5.82 Å². The van der Waals surface area contributed by atoms with Crippen molar-refractivity contribution in [1.29, 1.82) is 0 Å². The van der Waals surface area contributed by atoms with E-state index >= 15 is 0 Å². The fourth-order valence-corrected chi connectivity index (χ4v) is 4.59. The van der Waals surface area contributed by atoms with E-state index in [1.807, 2.05) is 20.8 Å². The second-order valence-electron chi connectivity index (χ2n) is 5.44. The Hall–Kier alpha value is -2.20. The molecule has 0 saturated heterocycles. The zero-order chi connectivity index (χ0) is 17.7. The number of thiophene rings is 1. The maximum absolute atomic E-state index is 13.0. The van der Waals surface area contributed by atoms with Gasteiger partial charge in [0.05, 0.1) is 0 Å². The number of hydrogen-bond acceptors (Lipinski definition) is 7. The van der Waals surface area contributed by atoms with Crippen LogP contribution in [0.3, 0.4) is 0 Å². The van der Waals surface area contributed by atoms with E-state index in [1.54, 1.807) is 23.5 Å². The van der Waals surface area contributed by atoms with Gasteiger partial charge in [0.25, 0.3) is 6.43 Å². The Balaban J connectivity index is 1.84. The lowest BCUT2D eigenvalue weighted by molar-refractivity contribution is 0.137. The summed E-state index contributed by atoms with van der Waals surface area (Å²) in [5.41, 5.74) is 1.41. The Morgan fingerprint density at radius 1 is 1.12 bits per heavy atom. The number of rotatable bonds is 3. The normalized spacial score (nSPS) is 11.9. The summed E-state index contributed by atoms with van der Waals surface area (Å²) in [6.07, 6.45) is -2.74. The molecule has 0 aliphatic carbocycles. The molecule has 0 aliphatic rings. The van der Waals surface area contributed by atoms with Gasteiger partial charge in [-0.05, 0) is 50.2 Å². The minimum absolute atomic E-state index is 0.284. The summed E-state index contributed by atoms with van der Waals surface area (Å²) in [4.78, 5) is 11.1. The van der Waals surface area contributed by atoms with E-state index in [0.717, 1.165) is 25.3 Å². The molecule has 0 atom stereocenters. The van der Waals surface area contributed by atoms with Crippen LogP contribution in [0.2, 0.25) is 0 Å². The van der Waals surface area contributed by atoms with Gasteiger partial charge >= 0.3 is 0 Å². The molecule has 0 spiro atoms. The van der Waals surface area contributed by atoms with E-state index in [0.29, 0.717) is 10.9 Å². The van der Waals surface area contributed by atoms with Crippen LogP contribution >= 0.6 is 23.1 Å². The van der Waals surface area contributed by atoms with Gasteiger partial charge in [-0.15, -0.1) is 21.5 Å². The van der Waals surface area contributed by atoms with Gasteiger partial charge in [-0.25, -0.2) is 18.7 Å². The van der Waals surface area contributed by atoms with Crippen LogP contribution in [0.4, 0.5) is 8.78 Å². The second-order valence-corrected chi connectivity index (χ2v) is 7.65. The van der Waals surface area contributed by atoms with Gasteiger partial charge in [0.1, 0.15) is 20.7 Å². The van der Waals surface area contributed by atoms with Gasteiger partial charge in [-0.1, -0.05) is 0 Å². The zero-order valence-corrected chi connectivity index (χ0v) is 15.1. The summed E-state index contributed by atoms with van der Waals surface area (Å²) in [5.74, 6) is 0.193. The first kappa shape index (κ1) is 16.3. The fraction of sp³-hybridized carbons (Fsp3) is 0.267. The molecule has 4 rings (SSSR count). The quantitative estimate of drug-likeness (QED) is 0.499. The van der Waals surface area contributed by atoms with Gasteiger partial charge < -0.3 is 0 Å². The Morgan fingerprint density at radius 3 is 2.68 bits per heavy atom. The highest BCUT2D eigenvalue weighted by Crippen LogP contribution is 2.37. The van der Waals surface area contributed by atoms with E-state index in [4.69, 9.17) is 0 Å². The average molecular weight is 378 g/mol. The molecular formula is C15H12F2N6S2. The molecule has 0 N–H and O–H groups in total. The summed E-state index contributed by atoms with van der Waals surface area (Å²) in [5, 5.41) is 13.7. The number of alkyl halides is 2. The van der Waals surface area contributed by atoms with Crippen LogP contribution in [-0.4, -0.2) is 29.8 Å². The third-order valence-electron chi connectivity index (χ3n) is 3.77. The fourth-order valence-electron chi connectivity index (χ4n) is 2.47. The molecule has 0 radical (unpaired) electrons. The van der Waals surface area contributed by atoms with Gasteiger partial charge in [0, 0.05) is 10.3 Å². The van der Waals surface area contributed by atoms with Gasteiger partial charge in [0.15, 0.2) is 5.65 Å². The number of aryl methyl sites for hydroxylation is 3. The molecular weight excluding hydrogens is 366 g/mol. The highest BCUT2D eigenvalue weighted by atomic mass is 32.2. The SMILES string of the molecule is Cc1nc(Sc2ccc3nnc(C(F)F)n3n2)c2c(C)c(C)sc2n1. The highest BCUT2D eigenvalue weighted by molar-refractivity contribution is 7.99. The van der Waals surface area contributed by atoms with E-state index in [9.17, 15) is 8.78 Å². The summed E-state index contributed by atoms with van der Waals surface area (Å²) in [6.45, 7) is 5.91. The molecule has 0 amide bonds. The van der Waals surface area contributed by atoms with Crippen LogP contribution < -0.4 is 0 Å². The minimum Gasteiger partial charge on any atom is -0.226 e. The third-order valence-corrected chi connectivity index (χ3v) is 5.78. The molecule has 25 heavy (non-hydrogen) atoms. The second kappa shape index (κ2) is 5.95. The van der Waals surface area contributed by atoms with E-state index in [1.165, 1.54) is 16.6 Å². The number of hydrogen-bond donors (Lipinski definition) is 0. The lowest BCUT2D eigenvalue weighted by Crippen LogP contribution is -2.00. The summed E-state index contributed by atoms with van der Waals surface area (Å²) >= 11 is 2.94. The van der Waals surface area contributed by atoms with E-state index in [-0.39, 0.29) is 5.65 Å². The van der Waals surface area contributed by atoms with Crippen LogP contribution in [0.5, 0.6) is 0 Å². The lowest BCUT2D eigenvalue weighted by atomic mass is 10.2. The van der Waals surface area contributed by atoms with Crippen LogP contribution in [0.25, 0.3) is 15.9 Å². The first-order valence-electron chi connectivity index (χ1n) is 7.36. The topological polar surface area (TPSA) is 68.9 Å². The van der Waals surface area contributed by atoms with Crippen molar-refractivity contribution in [2.75, 3.05) is 0 Å². The highest BCUT2D eigenvalue weighted by Gasteiger charge is 2.19. The maximum Gasteiger partial charge on any atom is 0.299 e. The predicted octanol–water partition coefficient (Wildman–Crippen LogP) is 4.14. The predicted molar refractivity (Wildman–Crippen MR) is 91.5 cm³/mol. The summed E-state index contributed by atoms with van der Waals surface area (Å²) in [7, 11) is 0. The van der Waals surface area contributed by atoms with Gasteiger partial charge in [-0.2, -0.15) is 9.61 Å². The van der Waals surface area contributed by atoms with Crippen molar-refractivity contribution in [2.24, 2.45) is 0 Å². The molecule has 6 nitrogen and oxygen atoms in total. The number of nitrogens with zero attached hydrogens (tertiary/aromatic N) is 6. The first-order valence-corrected chi connectivity index (χ1v) is 9.00. The number of fused-ring (bicyclic) bond motifs is 2. The Morgan fingerprint density at radius 2 is 1.92 bits per heavy atom. The largest absolute Gasteiger partial charge is 0.299 e. The molecule has 0 fully saturated rings. The molecule has 128 valence electrons. The molecule has 4 heterocycles.